The van der Waals surface area contributed by atoms with Gasteiger partial charge in [0.2, 0.25) is 15.9 Å². The summed E-state index contributed by atoms with van der Waals surface area (Å²) in [7, 11) is -3.79. The largest absolute Gasteiger partial charge is 0.473 e. The predicted octanol–water partition coefficient (Wildman–Crippen LogP) is 2.59. The van der Waals surface area contributed by atoms with Gasteiger partial charge in [-0.2, -0.15) is 9.57 Å². The zero-order chi connectivity index (χ0) is 18.0. The molecule has 3 rings (SSSR count). The highest BCUT2D eigenvalue weighted by molar-refractivity contribution is 7.89. The molecule has 0 spiro atoms. The standard InChI is InChI=1S/C16H13ClFN3O3S/c17-14-8-13(1-2-15(14)18)25(22,23)21-6-4-12(10-21)24-16-7-11(9-19)3-5-20-16/h1-3,5,7-8,12H,4,6,10H2. The minimum atomic E-state index is -3.79. The molecule has 25 heavy (non-hydrogen) atoms. The van der Waals surface area contributed by atoms with E-state index in [1.165, 1.54) is 22.6 Å². The van der Waals surface area contributed by atoms with E-state index in [2.05, 4.69) is 4.98 Å². The maximum absolute atomic E-state index is 13.2. The predicted molar refractivity (Wildman–Crippen MR) is 88.2 cm³/mol. The lowest BCUT2D eigenvalue weighted by Gasteiger charge is -2.17. The summed E-state index contributed by atoms with van der Waals surface area (Å²) in [6.07, 6.45) is 1.55. The van der Waals surface area contributed by atoms with E-state index in [9.17, 15) is 12.8 Å². The molecule has 1 aromatic carbocycles. The molecule has 6 nitrogen and oxygen atoms in total. The SMILES string of the molecule is N#Cc1ccnc(OC2CCN(S(=O)(=O)c3ccc(F)c(Cl)c3)C2)c1. The number of ether oxygens (including phenoxy) is 1. The quantitative estimate of drug-likeness (QED) is 0.812. The van der Waals surface area contributed by atoms with Crippen molar-refractivity contribution in [1.29, 1.82) is 5.26 Å². The summed E-state index contributed by atoms with van der Waals surface area (Å²) in [6.45, 7) is 0.399. The topological polar surface area (TPSA) is 83.3 Å². The molecule has 1 unspecified atom stereocenters. The van der Waals surface area contributed by atoms with Crippen LogP contribution in [0.15, 0.2) is 41.4 Å². The Labute approximate surface area is 149 Å². The molecule has 1 fully saturated rings. The van der Waals surface area contributed by atoms with Gasteiger partial charge < -0.3 is 4.74 Å². The fourth-order valence-corrected chi connectivity index (χ4v) is 4.27. The molecule has 0 saturated carbocycles. The van der Waals surface area contributed by atoms with Crippen LogP contribution in [0, 0.1) is 17.1 Å². The highest BCUT2D eigenvalue weighted by Gasteiger charge is 2.34. The number of nitriles is 1. The van der Waals surface area contributed by atoms with Gasteiger partial charge in [-0.15, -0.1) is 0 Å². The van der Waals surface area contributed by atoms with E-state index >= 15 is 0 Å². The molecule has 1 atom stereocenters. The lowest BCUT2D eigenvalue weighted by Crippen LogP contribution is -2.31. The van der Waals surface area contributed by atoms with Crippen LogP contribution in [0.5, 0.6) is 5.88 Å². The normalized spacial score (nSPS) is 18.0. The zero-order valence-corrected chi connectivity index (χ0v) is 14.5. The number of halogens is 2. The van der Waals surface area contributed by atoms with Crippen LogP contribution in [0.25, 0.3) is 0 Å². The van der Waals surface area contributed by atoms with Crippen molar-refractivity contribution in [2.24, 2.45) is 0 Å². The number of nitrogens with zero attached hydrogens (tertiary/aromatic N) is 3. The lowest BCUT2D eigenvalue weighted by molar-refractivity contribution is 0.207. The van der Waals surface area contributed by atoms with Gasteiger partial charge in [0.05, 0.1) is 28.1 Å². The van der Waals surface area contributed by atoms with Gasteiger partial charge in [-0.25, -0.2) is 17.8 Å². The van der Waals surface area contributed by atoms with Crippen molar-refractivity contribution in [2.45, 2.75) is 17.4 Å². The first-order valence-corrected chi connectivity index (χ1v) is 9.20. The Balaban J connectivity index is 1.73. The maximum Gasteiger partial charge on any atom is 0.243 e. The first kappa shape index (κ1) is 17.6. The van der Waals surface area contributed by atoms with Crippen LogP contribution in [-0.2, 0) is 10.0 Å². The molecular formula is C16H13ClFN3O3S. The van der Waals surface area contributed by atoms with Gasteiger partial charge in [-0.05, 0) is 30.7 Å². The van der Waals surface area contributed by atoms with Crippen molar-refractivity contribution in [3.63, 3.8) is 0 Å². The zero-order valence-electron chi connectivity index (χ0n) is 12.9. The Morgan fingerprint density at radius 1 is 1.36 bits per heavy atom. The molecule has 130 valence electrons. The average Bonchev–Trinajstić information content (AvgIpc) is 3.06. The average molecular weight is 382 g/mol. The van der Waals surface area contributed by atoms with Crippen LogP contribution in [0.1, 0.15) is 12.0 Å². The number of aromatic nitrogens is 1. The third-order valence-electron chi connectivity index (χ3n) is 3.79. The molecule has 1 aliphatic heterocycles. The summed E-state index contributed by atoms with van der Waals surface area (Å²) < 4.78 is 45.4. The Morgan fingerprint density at radius 3 is 2.88 bits per heavy atom. The maximum atomic E-state index is 13.2. The summed E-state index contributed by atoms with van der Waals surface area (Å²) in [6, 6.07) is 8.34. The number of benzene rings is 1. The Kier molecular flexibility index (Phi) is 4.90. The van der Waals surface area contributed by atoms with Gasteiger partial charge >= 0.3 is 0 Å². The highest BCUT2D eigenvalue weighted by atomic mass is 35.5. The molecule has 1 aliphatic rings. The molecule has 2 aromatic rings. The Hall–Kier alpha value is -2.21. The monoisotopic (exact) mass is 381 g/mol. The van der Waals surface area contributed by atoms with Gasteiger partial charge in [0.15, 0.2) is 0 Å². The molecule has 9 heteroatoms. The van der Waals surface area contributed by atoms with E-state index in [4.69, 9.17) is 21.6 Å². The van der Waals surface area contributed by atoms with Gasteiger partial charge in [0.25, 0.3) is 0 Å². The van der Waals surface area contributed by atoms with Gasteiger partial charge in [0.1, 0.15) is 11.9 Å². The number of hydrogen-bond donors (Lipinski definition) is 0. The van der Waals surface area contributed by atoms with E-state index in [1.54, 1.807) is 6.07 Å². The summed E-state index contributed by atoms with van der Waals surface area (Å²) in [5, 5.41) is 8.64. The van der Waals surface area contributed by atoms with Crippen LogP contribution in [0.3, 0.4) is 0 Å². The van der Waals surface area contributed by atoms with Crippen LogP contribution in [0.4, 0.5) is 4.39 Å². The van der Waals surface area contributed by atoms with Crippen molar-refractivity contribution in [1.82, 2.24) is 9.29 Å². The van der Waals surface area contributed by atoms with Crippen LogP contribution < -0.4 is 4.74 Å². The molecule has 1 aromatic heterocycles. The molecule has 2 heterocycles. The van der Waals surface area contributed by atoms with E-state index < -0.39 is 15.8 Å². The second kappa shape index (κ2) is 6.96. The third-order valence-corrected chi connectivity index (χ3v) is 5.94. The van der Waals surface area contributed by atoms with E-state index in [0.717, 1.165) is 12.1 Å². The first-order valence-electron chi connectivity index (χ1n) is 7.38. The van der Waals surface area contributed by atoms with E-state index in [1.807, 2.05) is 6.07 Å². The van der Waals surface area contributed by atoms with Crippen molar-refractivity contribution in [2.75, 3.05) is 13.1 Å². The van der Waals surface area contributed by atoms with Gasteiger partial charge in [-0.3, -0.25) is 0 Å². The van der Waals surface area contributed by atoms with Crippen molar-refractivity contribution in [3.05, 3.63) is 52.9 Å². The van der Waals surface area contributed by atoms with Crippen molar-refractivity contribution < 1.29 is 17.5 Å². The minimum Gasteiger partial charge on any atom is -0.473 e. The molecule has 0 radical (unpaired) electrons. The van der Waals surface area contributed by atoms with Crippen molar-refractivity contribution >= 4 is 21.6 Å². The van der Waals surface area contributed by atoms with Crippen LogP contribution in [-0.4, -0.2) is 36.9 Å². The van der Waals surface area contributed by atoms with E-state index in [-0.39, 0.29) is 35.0 Å². The number of pyridine rings is 1. The molecule has 0 aliphatic carbocycles. The molecule has 0 N–H and O–H groups in total. The fourth-order valence-electron chi connectivity index (χ4n) is 2.51. The first-order chi connectivity index (χ1) is 11.9. The van der Waals surface area contributed by atoms with Gasteiger partial charge in [-0.1, -0.05) is 11.6 Å². The fraction of sp³-hybridized carbons (Fsp3) is 0.250. The summed E-state index contributed by atoms with van der Waals surface area (Å²) >= 11 is 5.67. The number of hydrogen-bond acceptors (Lipinski definition) is 5. The van der Waals surface area contributed by atoms with Crippen LogP contribution in [0.2, 0.25) is 5.02 Å². The Morgan fingerprint density at radius 2 is 2.16 bits per heavy atom. The number of rotatable bonds is 4. The Bertz CT molecular complexity index is 946. The van der Waals surface area contributed by atoms with Gasteiger partial charge in [0, 0.05) is 18.8 Å². The lowest BCUT2D eigenvalue weighted by atomic mass is 10.3. The third kappa shape index (κ3) is 3.74. The second-order valence-electron chi connectivity index (χ2n) is 5.46. The van der Waals surface area contributed by atoms with E-state index in [0.29, 0.717) is 12.0 Å². The summed E-state index contributed by atoms with van der Waals surface area (Å²) in [4.78, 5) is 3.95. The summed E-state index contributed by atoms with van der Waals surface area (Å²) in [5.41, 5.74) is 0.411. The van der Waals surface area contributed by atoms with Crippen LogP contribution >= 0.6 is 11.6 Å². The summed E-state index contributed by atoms with van der Waals surface area (Å²) in [5.74, 6) is -0.403. The number of sulfonamides is 1. The molecule has 1 saturated heterocycles. The molecule has 0 amide bonds. The molecular weight excluding hydrogens is 369 g/mol. The minimum absolute atomic E-state index is 0.0656. The smallest absolute Gasteiger partial charge is 0.243 e. The van der Waals surface area contributed by atoms with Crippen molar-refractivity contribution in [3.8, 4) is 11.9 Å². The second-order valence-corrected chi connectivity index (χ2v) is 7.81. The molecule has 0 bridgehead atoms. The highest BCUT2D eigenvalue weighted by Crippen LogP contribution is 2.26.